The molecule has 0 atom stereocenters. The molecule has 4 nitrogen and oxygen atoms in total. The van der Waals surface area contributed by atoms with Crippen molar-refractivity contribution in [3.05, 3.63) is 23.2 Å². The number of aliphatic hydroxyl groups is 1. The molecule has 0 saturated heterocycles. The zero-order valence-electron chi connectivity index (χ0n) is 12.2. The van der Waals surface area contributed by atoms with E-state index >= 15 is 0 Å². The third kappa shape index (κ3) is 5.61. The Balaban J connectivity index is 2.81. The maximum absolute atomic E-state index is 12.1. The second kappa shape index (κ2) is 7.20. The van der Waals surface area contributed by atoms with Crippen LogP contribution >= 0.6 is 23.4 Å². The van der Waals surface area contributed by atoms with E-state index in [2.05, 4.69) is 5.32 Å². The second-order valence-electron chi connectivity index (χ2n) is 5.17. The first kappa shape index (κ1) is 17.1. The molecule has 0 bridgehead atoms. The van der Waals surface area contributed by atoms with Crippen molar-refractivity contribution in [2.75, 3.05) is 24.7 Å². The van der Waals surface area contributed by atoms with E-state index in [1.165, 1.54) is 4.90 Å². The average molecular weight is 317 g/mol. The highest BCUT2D eigenvalue weighted by Crippen LogP contribution is 2.30. The molecule has 0 radical (unpaired) electrons. The minimum Gasteiger partial charge on any atom is -0.389 e. The Hall–Kier alpha value is -0.910. The Morgan fingerprint density at radius 3 is 2.70 bits per heavy atom. The Morgan fingerprint density at radius 1 is 1.50 bits per heavy atom. The van der Waals surface area contributed by atoms with Gasteiger partial charge in [0.15, 0.2) is 0 Å². The third-order valence-electron chi connectivity index (χ3n) is 2.45. The van der Waals surface area contributed by atoms with Crippen molar-refractivity contribution in [2.45, 2.75) is 31.3 Å². The van der Waals surface area contributed by atoms with Crippen LogP contribution in [0, 0.1) is 0 Å². The third-order valence-corrected chi connectivity index (χ3v) is 3.64. The molecule has 0 heterocycles. The molecule has 1 aromatic rings. The van der Waals surface area contributed by atoms with Gasteiger partial charge in [0, 0.05) is 17.0 Å². The second-order valence-corrected chi connectivity index (χ2v) is 6.91. The van der Waals surface area contributed by atoms with Gasteiger partial charge < -0.3 is 15.3 Å². The van der Waals surface area contributed by atoms with Gasteiger partial charge in [-0.2, -0.15) is 0 Å². The van der Waals surface area contributed by atoms with Crippen molar-refractivity contribution in [1.29, 1.82) is 0 Å². The first-order chi connectivity index (χ1) is 9.23. The van der Waals surface area contributed by atoms with Gasteiger partial charge >= 0.3 is 6.03 Å². The molecular weight excluding hydrogens is 296 g/mol. The van der Waals surface area contributed by atoms with Gasteiger partial charge in [-0.1, -0.05) is 18.5 Å². The first-order valence-corrected chi connectivity index (χ1v) is 7.76. The highest BCUT2D eigenvalue weighted by atomic mass is 35.5. The van der Waals surface area contributed by atoms with Gasteiger partial charge in [0.05, 0.1) is 17.8 Å². The summed E-state index contributed by atoms with van der Waals surface area (Å²) in [6.07, 6.45) is 0. The topological polar surface area (TPSA) is 52.6 Å². The molecule has 112 valence electrons. The maximum Gasteiger partial charge on any atom is 0.321 e. The van der Waals surface area contributed by atoms with E-state index in [1.807, 2.05) is 13.0 Å². The minimum atomic E-state index is -0.929. The van der Waals surface area contributed by atoms with Crippen molar-refractivity contribution in [2.24, 2.45) is 0 Å². The van der Waals surface area contributed by atoms with E-state index in [0.717, 1.165) is 10.6 Å². The molecule has 0 aliphatic rings. The van der Waals surface area contributed by atoms with Crippen LogP contribution in [0.5, 0.6) is 0 Å². The molecule has 0 aromatic heterocycles. The lowest BCUT2D eigenvalue weighted by molar-refractivity contribution is 0.0550. The summed E-state index contributed by atoms with van der Waals surface area (Å²) in [6.45, 7) is 5.62. The van der Waals surface area contributed by atoms with Gasteiger partial charge in [-0.15, -0.1) is 11.8 Å². The van der Waals surface area contributed by atoms with Crippen LogP contribution in [0.25, 0.3) is 0 Å². The summed E-state index contributed by atoms with van der Waals surface area (Å²) in [5.41, 5.74) is -0.238. The molecule has 0 fully saturated rings. The molecule has 0 saturated carbocycles. The van der Waals surface area contributed by atoms with Crippen molar-refractivity contribution in [3.8, 4) is 0 Å². The highest BCUT2D eigenvalue weighted by Gasteiger charge is 2.20. The molecule has 0 aliphatic heterocycles. The molecule has 0 aliphatic carbocycles. The Morgan fingerprint density at radius 2 is 2.15 bits per heavy atom. The van der Waals surface area contributed by atoms with Crippen molar-refractivity contribution < 1.29 is 9.90 Å². The lowest BCUT2D eigenvalue weighted by atomic mass is 10.1. The predicted molar refractivity (Wildman–Crippen MR) is 85.8 cm³/mol. The summed E-state index contributed by atoms with van der Waals surface area (Å²) in [5.74, 6) is 0.907. The standard InChI is InChI=1S/C14H21ClN2O2S/c1-5-20-12-7-6-10(15)8-11(12)16-13(18)17(4)9-14(2,3)19/h6-8,19H,5,9H2,1-4H3,(H,16,18). The number of halogens is 1. The zero-order valence-corrected chi connectivity index (χ0v) is 13.8. The fourth-order valence-electron chi connectivity index (χ4n) is 1.74. The fourth-order valence-corrected chi connectivity index (χ4v) is 2.66. The van der Waals surface area contributed by atoms with E-state index in [4.69, 9.17) is 11.6 Å². The number of rotatable bonds is 5. The van der Waals surface area contributed by atoms with Gasteiger partial charge in [-0.3, -0.25) is 0 Å². The molecule has 0 unspecified atom stereocenters. The van der Waals surface area contributed by atoms with Gasteiger partial charge in [-0.25, -0.2) is 4.79 Å². The molecule has 6 heteroatoms. The Kier molecular flexibility index (Phi) is 6.17. The van der Waals surface area contributed by atoms with Crippen LogP contribution in [-0.2, 0) is 0 Å². The quantitative estimate of drug-likeness (QED) is 0.815. The Labute approximate surface area is 129 Å². The fraction of sp³-hybridized carbons (Fsp3) is 0.500. The molecule has 20 heavy (non-hydrogen) atoms. The summed E-state index contributed by atoms with van der Waals surface area (Å²) < 4.78 is 0. The number of nitrogens with one attached hydrogen (secondary N) is 1. The molecule has 2 N–H and O–H groups in total. The highest BCUT2D eigenvalue weighted by molar-refractivity contribution is 7.99. The van der Waals surface area contributed by atoms with E-state index in [0.29, 0.717) is 10.7 Å². The lowest BCUT2D eigenvalue weighted by Crippen LogP contribution is -2.41. The molecule has 0 spiro atoms. The number of nitrogens with zero attached hydrogens (tertiary/aromatic N) is 1. The lowest BCUT2D eigenvalue weighted by Gasteiger charge is -2.26. The molecule has 1 rings (SSSR count). The number of likely N-dealkylation sites (N-methyl/N-ethyl adjacent to an activating group) is 1. The van der Waals surface area contributed by atoms with Crippen molar-refractivity contribution >= 4 is 35.1 Å². The van der Waals surface area contributed by atoms with Crippen LogP contribution in [0.3, 0.4) is 0 Å². The number of hydrogen-bond acceptors (Lipinski definition) is 3. The molecule has 2 amide bonds. The maximum atomic E-state index is 12.1. The SMILES string of the molecule is CCSc1ccc(Cl)cc1NC(=O)N(C)CC(C)(C)O. The minimum absolute atomic E-state index is 0.246. The number of benzene rings is 1. The number of anilines is 1. The smallest absolute Gasteiger partial charge is 0.321 e. The zero-order chi connectivity index (χ0) is 15.3. The number of hydrogen-bond donors (Lipinski definition) is 2. The van der Waals surface area contributed by atoms with E-state index < -0.39 is 5.60 Å². The van der Waals surface area contributed by atoms with Gasteiger partial charge in [-0.05, 0) is 37.8 Å². The van der Waals surface area contributed by atoms with Crippen LogP contribution in [0.15, 0.2) is 23.1 Å². The monoisotopic (exact) mass is 316 g/mol. The van der Waals surface area contributed by atoms with Gasteiger partial charge in [0.25, 0.3) is 0 Å². The normalized spacial score (nSPS) is 11.3. The summed E-state index contributed by atoms with van der Waals surface area (Å²) in [5, 5.41) is 13.1. The molecular formula is C14H21ClN2O2S. The van der Waals surface area contributed by atoms with Crippen LogP contribution in [-0.4, -0.2) is 41.0 Å². The van der Waals surface area contributed by atoms with Crippen molar-refractivity contribution in [3.63, 3.8) is 0 Å². The van der Waals surface area contributed by atoms with E-state index in [1.54, 1.807) is 44.8 Å². The summed E-state index contributed by atoms with van der Waals surface area (Å²) in [7, 11) is 1.64. The number of urea groups is 1. The number of amides is 2. The largest absolute Gasteiger partial charge is 0.389 e. The van der Waals surface area contributed by atoms with Crippen molar-refractivity contribution in [1.82, 2.24) is 4.90 Å². The molecule has 1 aromatic carbocycles. The summed E-state index contributed by atoms with van der Waals surface area (Å²) in [4.78, 5) is 14.5. The first-order valence-electron chi connectivity index (χ1n) is 6.40. The average Bonchev–Trinajstić information content (AvgIpc) is 2.30. The summed E-state index contributed by atoms with van der Waals surface area (Å²) >= 11 is 7.61. The number of carbonyl (C=O) groups is 1. The van der Waals surface area contributed by atoms with Crippen LogP contribution in [0.1, 0.15) is 20.8 Å². The number of thioether (sulfide) groups is 1. The predicted octanol–water partition coefficient (Wildman–Crippen LogP) is 3.69. The number of carbonyl (C=O) groups excluding carboxylic acids is 1. The van der Waals surface area contributed by atoms with Gasteiger partial charge in [0.1, 0.15) is 0 Å². The van der Waals surface area contributed by atoms with Crippen LogP contribution in [0.4, 0.5) is 10.5 Å². The van der Waals surface area contributed by atoms with Gasteiger partial charge in [0.2, 0.25) is 0 Å². The summed E-state index contributed by atoms with van der Waals surface area (Å²) in [6, 6.07) is 5.15. The van der Waals surface area contributed by atoms with Crippen LogP contribution < -0.4 is 5.32 Å². The van der Waals surface area contributed by atoms with Crippen LogP contribution in [0.2, 0.25) is 5.02 Å². The van der Waals surface area contributed by atoms with E-state index in [9.17, 15) is 9.90 Å². The van der Waals surface area contributed by atoms with E-state index in [-0.39, 0.29) is 12.6 Å². The Bertz CT molecular complexity index is 475.